The van der Waals surface area contributed by atoms with E-state index < -0.39 is 6.10 Å². The van der Waals surface area contributed by atoms with Crippen molar-refractivity contribution in [1.82, 2.24) is 0 Å². The molecule has 0 radical (unpaired) electrons. The lowest BCUT2D eigenvalue weighted by atomic mass is 10.1. The first kappa shape index (κ1) is 51.1. The molecule has 0 amide bonds. The molecule has 0 saturated heterocycles. The van der Waals surface area contributed by atoms with E-state index in [1.807, 2.05) is 0 Å². The Hall–Kier alpha value is -2.92. The second-order valence-electron chi connectivity index (χ2n) is 14.2. The van der Waals surface area contributed by atoms with Crippen LogP contribution in [0.5, 0.6) is 0 Å². The Morgan fingerprint density at radius 2 is 0.870 bits per heavy atom. The van der Waals surface area contributed by atoms with Gasteiger partial charge in [-0.15, -0.1) is 0 Å². The molecule has 0 N–H and O–H groups in total. The summed E-state index contributed by atoms with van der Waals surface area (Å²) in [5, 5.41) is 0. The van der Waals surface area contributed by atoms with Gasteiger partial charge < -0.3 is 14.2 Å². The van der Waals surface area contributed by atoms with Crippen LogP contribution in [0.25, 0.3) is 0 Å². The molecule has 5 nitrogen and oxygen atoms in total. The quantitative estimate of drug-likeness (QED) is 0.0356. The molecule has 0 aromatic heterocycles. The van der Waals surface area contributed by atoms with Gasteiger partial charge in [-0.2, -0.15) is 0 Å². The van der Waals surface area contributed by atoms with Gasteiger partial charge in [0, 0.05) is 12.8 Å². The van der Waals surface area contributed by atoms with Gasteiger partial charge in [-0.05, 0) is 77.0 Å². The summed E-state index contributed by atoms with van der Waals surface area (Å²) in [6.45, 7) is 7.39. The second-order valence-corrected chi connectivity index (χ2v) is 14.2. The van der Waals surface area contributed by atoms with E-state index in [1.54, 1.807) is 0 Å². The molecular weight excluding hydrogens is 669 g/mol. The van der Waals surface area contributed by atoms with E-state index in [0.29, 0.717) is 19.4 Å². The van der Waals surface area contributed by atoms with Crippen LogP contribution in [-0.2, 0) is 23.8 Å². The fraction of sp³-hybridized carbons (Fsp3) is 0.673. The van der Waals surface area contributed by atoms with Crippen molar-refractivity contribution in [1.29, 1.82) is 0 Å². The van der Waals surface area contributed by atoms with Crippen LogP contribution in [0.2, 0.25) is 0 Å². The van der Waals surface area contributed by atoms with Crippen molar-refractivity contribution in [2.75, 3.05) is 19.8 Å². The van der Waals surface area contributed by atoms with Gasteiger partial charge in [0.1, 0.15) is 6.61 Å². The predicted molar refractivity (Wildman–Crippen MR) is 233 cm³/mol. The highest BCUT2D eigenvalue weighted by molar-refractivity contribution is 5.70. The third kappa shape index (κ3) is 41.8. The molecule has 0 heterocycles. The van der Waals surface area contributed by atoms with Crippen LogP contribution >= 0.6 is 0 Å². The minimum atomic E-state index is -0.580. The third-order valence-electron chi connectivity index (χ3n) is 8.92. The van der Waals surface area contributed by atoms with E-state index in [1.165, 1.54) is 57.8 Å². The molecule has 1 atom stereocenters. The third-order valence-corrected chi connectivity index (χ3v) is 8.92. The number of ether oxygens (including phenoxy) is 3. The number of allylic oxidation sites excluding steroid dienone is 13. The Kier molecular flexibility index (Phi) is 42.1. The fourth-order valence-corrected chi connectivity index (χ4v) is 5.67. The number of carbonyl (C=O) groups excluding carboxylic acids is 2. The SMILES string of the molecule is CC/C=C\C/C=C\C/C=C\C/C=C\C/C=C\CCOCC(COC(=O)CCCCCCC/C=C\C/C=C\CCC)OC(=O)CCCCCCCCCCC. The van der Waals surface area contributed by atoms with Crippen molar-refractivity contribution in [2.45, 2.75) is 194 Å². The molecule has 0 aromatic rings. The first-order chi connectivity index (χ1) is 26.6. The van der Waals surface area contributed by atoms with Crippen molar-refractivity contribution in [3.63, 3.8) is 0 Å². The maximum absolute atomic E-state index is 12.7. The Morgan fingerprint density at radius 3 is 1.41 bits per heavy atom. The summed E-state index contributed by atoms with van der Waals surface area (Å²) in [6.07, 6.45) is 57.4. The highest BCUT2D eigenvalue weighted by Gasteiger charge is 2.17. The van der Waals surface area contributed by atoms with Crippen molar-refractivity contribution in [2.24, 2.45) is 0 Å². The van der Waals surface area contributed by atoms with Crippen LogP contribution in [0.3, 0.4) is 0 Å². The van der Waals surface area contributed by atoms with Gasteiger partial charge in [0.25, 0.3) is 0 Å². The number of hydrogen-bond acceptors (Lipinski definition) is 5. The van der Waals surface area contributed by atoms with Gasteiger partial charge in [0.2, 0.25) is 0 Å². The van der Waals surface area contributed by atoms with E-state index in [9.17, 15) is 9.59 Å². The average molecular weight is 751 g/mol. The summed E-state index contributed by atoms with van der Waals surface area (Å²) >= 11 is 0. The minimum absolute atomic E-state index is 0.0456. The molecule has 0 saturated carbocycles. The van der Waals surface area contributed by atoms with Crippen LogP contribution in [-0.4, -0.2) is 37.9 Å². The molecule has 308 valence electrons. The maximum Gasteiger partial charge on any atom is 0.306 e. The lowest BCUT2D eigenvalue weighted by Crippen LogP contribution is -2.30. The van der Waals surface area contributed by atoms with Gasteiger partial charge in [-0.25, -0.2) is 0 Å². The highest BCUT2D eigenvalue weighted by Crippen LogP contribution is 2.12. The Labute approximate surface area is 333 Å². The lowest BCUT2D eigenvalue weighted by Gasteiger charge is -2.18. The van der Waals surface area contributed by atoms with E-state index >= 15 is 0 Å². The van der Waals surface area contributed by atoms with E-state index in [4.69, 9.17) is 14.2 Å². The van der Waals surface area contributed by atoms with E-state index in [2.05, 4.69) is 106 Å². The Bertz CT molecular complexity index is 1030. The van der Waals surface area contributed by atoms with Gasteiger partial charge >= 0.3 is 11.9 Å². The molecule has 0 spiro atoms. The maximum atomic E-state index is 12.7. The number of hydrogen-bond donors (Lipinski definition) is 0. The number of carbonyl (C=O) groups is 2. The molecule has 54 heavy (non-hydrogen) atoms. The topological polar surface area (TPSA) is 61.8 Å². The van der Waals surface area contributed by atoms with Gasteiger partial charge in [0.15, 0.2) is 6.10 Å². The number of unbranched alkanes of at least 4 members (excludes halogenated alkanes) is 14. The molecule has 0 rings (SSSR count). The number of rotatable bonds is 39. The van der Waals surface area contributed by atoms with E-state index in [0.717, 1.165) is 96.3 Å². The zero-order chi connectivity index (χ0) is 39.3. The molecule has 0 aliphatic carbocycles. The second kappa shape index (κ2) is 44.5. The van der Waals surface area contributed by atoms with E-state index in [-0.39, 0.29) is 25.2 Å². The summed E-state index contributed by atoms with van der Waals surface area (Å²) in [4.78, 5) is 25.1. The molecular formula is C49H82O5. The average Bonchev–Trinajstić information content (AvgIpc) is 3.17. The van der Waals surface area contributed by atoms with Crippen LogP contribution in [0, 0.1) is 0 Å². The Morgan fingerprint density at radius 1 is 0.426 bits per heavy atom. The molecule has 0 aliphatic heterocycles. The summed E-state index contributed by atoms with van der Waals surface area (Å²) in [5.41, 5.74) is 0. The van der Waals surface area contributed by atoms with Crippen LogP contribution in [0.15, 0.2) is 85.1 Å². The molecule has 0 fully saturated rings. The first-order valence-electron chi connectivity index (χ1n) is 22.1. The van der Waals surface area contributed by atoms with Crippen molar-refractivity contribution >= 4 is 11.9 Å². The fourth-order valence-electron chi connectivity index (χ4n) is 5.67. The largest absolute Gasteiger partial charge is 0.462 e. The summed E-state index contributed by atoms with van der Waals surface area (Å²) in [7, 11) is 0. The van der Waals surface area contributed by atoms with Gasteiger partial charge in [-0.1, -0.05) is 183 Å². The molecule has 0 aromatic carbocycles. The molecule has 1 unspecified atom stereocenters. The van der Waals surface area contributed by atoms with Crippen LogP contribution < -0.4 is 0 Å². The van der Waals surface area contributed by atoms with Crippen molar-refractivity contribution < 1.29 is 23.8 Å². The predicted octanol–water partition coefficient (Wildman–Crippen LogP) is 14.6. The summed E-state index contributed by atoms with van der Waals surface area (Å²) in [6, 6.07) is 0. The van der Waals surface area contributed by atoms with Crippen molar-refractivity contribution in [3.05, 3.63) is 85.1 Å². The summed E-state index contributed by atoms with van der Waals surface area (Å²) in [5.74, 6) is -0.462. The Balaban J connectivity index is 4.38. The molecule has 0 aliphatic rings. The zero-order valence-electron chi connectivity index (χ0n) is 35.2. The monoisotopic (exact) mass is 751 g/mol. The first-order valence-corrected chi connectivity index (χ1v) is 22.1. The van der Waals surface area contributed by atoms with Gasteiger partial charge in [-0.3, -0.25) is 9.59 Å². The van der Waals surface area contributed by atoms with Crippen LogP contribution in [0.1, 0.15) is 188 Å². The van der Waals surface area contributed by atoms with Gasteiger partial charge in [0.05, 0.1) is 13.2 Å². The smallest absolute Gasteiger partial charge is 0.306 e. The van der Waals surface area contributed by atoms with Crippen molar-refractivity contribution in [3.8, 4) is 0 Å². The van der Waals surface area contributed by atoms with Crippen LogP contribution in [0.4, 0.5) is 0 Å². The standard InChI is InChI=1S/C49H82O5/c1-4-7-10-13-16-19-21-23-24-25-27-29-32-35-38-41-44-52-45-47(54-49(51)43-40-37-34-30-18-15-12-9-6-3)46-53-48(50)42-39-36-33-31-28-26-22-20-17-14-11-8-5-2/h7,10-11,14,16,19-20,22-24,27,29,35,38,47H,4-6,8-9,12-13,15,17-18,21,25-26,28,30-34,36-37,39-46H2,1-3H3/b10-7-,14-11-,19-16-,22-20-,24-23-,29-27-,38-35-. The lowest BCUT2D eigenvalue weighted by molar-refractivity contribution is -0.162. The molecule has 0 bridgehead atoms. The summed E-state index contributed by atoms with van der Waals surface area (Å²) < 4.78 is 17.2. The normalized spacial score (nSPS) is 13.0. The number of esters is 2. The zero-order valence-corrected chi connectivity index (χ0v) is 35.2. The minimum Gasteiger partial charge on any atom is -0.462 e. The highest BCUT2D eigenvalue weighted by atomic mass is 16.6. The molecule has 5 heteroatoms.